The van der Waals surface area contributed by atoms with Crippen LogP contribution in [-0.4, -0.2) is 73.2 Å². The van der Waals surface area contributed by atoms with Gasteiger partial charge >= 0.3 is 28.8 Å². The second kappa shape index (κ2) is 17.7. The maximum Gasteiger partial charge on any atom is 0.337 e. The average Bonchev–Trinajstić information content (AvgIpc) is 3.01. The summed E-state index contributed by atoms with van der Waals surface area (Å²) in [4.78, 5) is 12.5. The summed E-state index contributed by atoms with van der Waals surface area (Å²) in [6.45, 7) is 4.04. The van der Waals surface area contributed by atoms with Crippen LogP contribution in [0.1, 0.15) is 52.0 Å². The second-order valence-corrected chi connectivity index (χ2v) is 16.7. The maximum absolute atomic E-state index is 13.1. The molecule has 0 aliphatic rings. The van der Waals surface area contributed by atoms with Gasteiger partial charge in [-0.3, -0.25) is 13.7 Å². The Hall–Kier alpha value is -1.64. The minimum absolute atomic E-state index is 0.163. The lowest BCUT2D eigenvalue weighted by Gasteiger charge is -2.18. The van der Waals surface area contributed by atoms with E-state index in [9.17, 15) is 18.5 Å². The van der Waals surface area contributed by atoms with Crippen LogP contribution in [0.4, 0.5) is 0 Å². The van der Waals surface area contributed by atoms with Crippen molar-refractivity contribution in [2.75, 3.05) is 67.2 Å². The minimum atomic E-state index is -3.28. The Kier molecular flexibility index (Phi) is 15.5. The predicted molar refractivity (Wildman–Crippen MR) is 167 cm³/mol. The van der Waals surface area contributed by atoms with Crippen molar-refractivity contribution in [2.45, 2.75) is 39.5 Å². The van der Waals surface area contributed by atoms with Gasteiger partial charge in [0, 0.05) is 28.4 Å². The molecule has 0 aliphatic heterocycles. The Balaban J connectivity index is 2.46. The van der Waals surface area contributed by atoms with E-state index in [1.54, 1.807) is 26.0 Å². The lowest BCUT2D eigenvalue weighted by molar-refractivity contribution is 0.0600. The van der Waals surface area contributed by atoms with E-state index in [-0.39, 0.29) is 31.7 Å². The first-order valence-electron chi connectivity index (χ1n) is 14.0. The summed E-state index contributed by atoms with van der Waals surface area (Å²) in [6.07, 6.45) is 2.18. The molecule has 0 N–H and O–H groups in total. The number of rotatable bonds is 20. The number of benzene rings is 2. The first-order chi connectivity index (χ1) is 20.4. The third kappa shape index (κ3) is 12.0. The number of carbonyl (C=O) groups excluding carboxylic acids is 1. The van der Waals surface area contributed by atoms with Crippen LogP contribution >= 0.6 is 22.8 Å². The van der Waals surface area contributed by atoms with E-state index in [1.165, 1.54) is 35.5 Å². The van der Waals surface area contributed by atoms with Gasteiger partial charge in [-0.25, -0.2) is 4.79 Å². The first kappa shape index (κ1) is 37.5. The molecule has 0 heterocycles. The largest absolute Gasteiger partial charge is 0.465 e. The van der Waals surface area contributed by atoms with Gasteiger partial charge in [0.2, 0.25) is 0 Å². The highest BCUT2D eigenvalue weighted by Gasteiger charge is 2.25. The van der Waals surface area contributed by atoms with Gasteiger partial charge < -0.3 is 31.9 Å². The number of hydrogen-bond acceptors (Lipinski definition) is 11. The molecule has 0 aromatic heterocycles. The molecule has 0 saturated carbocycles. The highest BCUT2D eigenvalue weighted by atomic mass is 31.2. The fraction of sp³-hybridized carbons (Fsp3) is 0.552. The molecular formula is C29H45O11P3. The highest BCUT2D eigenvalue weighted by molar-refractivity contribution is 7.54. The van der Waals surface area contributed by atoms with E-state index < -0.39 is 28.8 Å². The zero-order valence-electron chi connectivity index (χ0n) is 26.2. The van der Waals surface area contributed by atoms with E-state index >= 15 is 0 Å². The van der Waals surface area contributed by atoms with E-state index in [0.717, 1.165) is 27.8 Å². The third-order valence-corrected chi connectivity index (χ3v) is 12.6. The summed E-state index contributed by atoms with van der Waals surface area (Å²) in [5.41, 5.74) is 4.70. The van der Waals surface area contributed by atoms with Crippen LogP contribution in [0, 0.1) is 0 Å². The topological polar surface area (TPSA) is 133 Å². The summed E-state index contributed by atoms with van der Waals surface area (Å²) < 4.78 is 74.7. The molecule has 0 spiro atoms. The fourth-order valence-electron chi connectivity index (χ4n) is 4.58. The van der Waals surface area contributed by atoms with Crippen molar-refractivity contribution in [1.82, 2.24) is 0 Å². The average molecular weight is 663 g/mol. The van der Waals surface area contributed by atoms with Crippen LogP contribution in [0.2, 0.25) is 0 Å². The molecule has 0 amide bonds. The molecule has 0 atom stereocenters. The predicted octanol–water partition coefficient (Wildman–Crippen LogP) is 6.93. The Morgan fingerprint density at radius 1 is 0.558 bits per heavy atom. The van der Waals surface area contributed by atoms with Gasteiger partial charge in [-0.15, -0.1) is 0 Å². The fourth-order valence-corrected chi connectivity index (χ4v) is 8.33. The Morgan fingerprint density at radius 2 is 0.907 bits per heavy atom. The van der Waals surface area contributed by atoms with Gasteiger partial charge in [-0.2, -0.15) is 0 Å². The molecule has 11 nitrogen and oxygen atoms in total. The van der Waals surface area contributed by atoms with Crippen LogP contribution in [-0.2, 0) is 71.3 Å². The smallest absolute Gasteiger partial charge is 0.337 e. The summed E-state index contributed by atoms with van der Waals surface area (Å²) in [7, 11) is -3.02. The summed E-state index contributed by atoms with van der Waals surface area (Å²) in [5, 5.41) is 0. The van der Waals surface area contributed by atoms with Crippen molar-refractivity contribution in [1.29, 1.82) is 0 Å². The van der Waals surface area contributed by atoms with Gasteiger partial charge in [0.15, 0.2) is 0 Å². The van der Waals surface area contributed by atoms with Gasteiger partial charge in [-0.05, 0) is 79.5 Å². The van der Waals surface area contributed by atoms with E-state index in [2.05, 4.69) is 0 Å². The molecule has 0 saturated heterocycles. The molecule has 2 aromatic carbocycles. The number of ether oxygens (including phenoxy) is 1. The molecule has 2 rings (SSSR count). The molecule has 0 aliphatic carbocycles. The van der Waals surface area contributed by atoms with Crippen LogP contribution in [0.25, 0.3) is 0 Å². The Bertz CT molecular complexity index is 1270. The highest BCUT2D eigenvalue weighted by Crippen LogP contribution is 2.49. The lowest BCUT2D eigenvalue weighted by atomic mass is 9.95. The SMILES string of the molecule is CCOP(=O)(CCc1cc(Cc2cc(CCP(=O)(OC)OC)cc(CCP(=O)(OC)OC)c2)cc(C(=O)OC)c1)OCC. The van der Waals surface area contributed by atoms with Crippen molar-refractivity contribution in [3.63, 3.8) is 0 Å². The molecule has 2 aromatic rings. The standard InChI is InChI=1S/C29H45O11P3/c1-8-39-43(33,40-9-2)15-12-25-19-27(22-28(21-25)29(30)34-3)20-26-17-23(10-13-41(31,35-4)36-5)16-24(18-26)11-14-42(32,37-6)38-7/h16-19,21-22H,8-15,20H2,1-7H3. The van der Waals surface area contributed by atoms with Crippen molar-refractivity contribution >= 4 is 28.8 Å². The van der Waals surface area contributed by atoms with Crippen LogP contribution in [0.3, 0.4) is 0 Å². The molecule has 14 heteroatoms. The Labute approximate surface area is 255 Å². The van der Waals surface area contributed by atoms with E-state index in [0.29, 0.717) is 31.2 Å². The molecule has 0 unspecified atom stereocenters. The van der Waals surface area contributed by atoms with Gasteiger partial charge in [0.25, 0.3) is 0 Å². The number of methoxy groups -OCH3 is 1. The summed E-state index contributed by atoms with van der Waals surface area (Å²) in [6, 6.07) is 11.4. The summed E-state index contributed by atoms with van der Waals surface area (Å²) in [5.74, 6) is -0.486. The monoisotopic (exact) mass is 662 g/mol. The van der Waals surface area contributed by atoms with Gasteiger partial charge in [0.1, 0.15) is 0 Å². The molecule has 242 valence electrons. The first-order valence-corrected chi connectivity index (χ1v) is 19.2. The lowest BCUT2D eigenvalue weighted by Crippen LogP contribution is -2.07. The maximum atomic E-state index is 13.1. The van der Waals surface area contributed by atoms with Crippen LogP contribution in [0.15, 0.2) is 36.4 Å². The zero-order chi connectivity index (χ0) is 32.1. The normalized spacial score (nSPS) is 12.4. The molecule has 0 fully saturated rings. The Morgan fingerprint density at radius 3 is 1.30 bits per heavy atom. The molecule has 43 heavy (non-hydrogen) atoms. The van der Waals surface area contributed by atoms with E-state index in [4.69, 9.17) is 31.9 Å². The van der Waals surface area contributed by atoms with Gasteiger partial charge in [0.05, 0.1) is 44.4 Å². The third-order valence-electron chi connectivity index (χ3n) is 6.78. The molecular weight excluding hydrogens is 617 g/mol. The van der Waals surface area contributed by atoms with Crippen LogP contribution < -0.4 is 0 Å². The summed E-state index contributed by atoms with van der Waals surface area (Å²) >= 11 is 0. The number of carbonyl (C=O) groups is 1. The van der Waals surface area contributed by atoms with Crippen molar-refractivity contribution in [3.05, 3.63) is 69.8 Å². The van der Waals surface area contributed by atoms with Crippen molar-refractivity contribution < 1.29 is 50.4 Å². The number of aryl methyl sites for hydroxylation is 3. The van der Waals surface area contributed by atoms with Crippen LogP contribution in [0.5, 0.6) is 0 Å². The zero-order valence-corrected chi connectivity index (χ0v) is 28.8. The van der Waals surface area contributed by atoms with Gasteiger partial charge in [-0.1, -0.05) is 24.3 Å². The van der Waals surface area contributed by atoms with Crippen molar-refractivity contribution in [2.24, 2.45) is 0 Å². The van der Waals surface area contributed by atoms with Crippen molar-refractivity contribution in [3.8, 4) is 0 Å². The molecule has 0 radical (unpaired) electrons. The number of esters is 1. The second-order valence-electron chi connectivity index (χ2n) is 9.68. The minimum Gasteiger partial charge on any atom is -0.465 e. The molecule has 0 bridgehead atoms. The van der Waals surface area contributed by atoms with E-state index in [1.807, 2.05) is 24.3 Å². The quantitative estimate of drug-likeness (QED) is 0.108. The number of hydrogen-bond donors (Lipinski definition) is 0.